The van der Waals surface area contributed by atoms with Crippen molar-refractivity contribution in [3.63, 3.8) is 0 Å². The molecule has 1 aromatic rings. The van der Waals surface area contributed by atoms with Crippen LogP contribution in [-0.4, -0.2) is 6.21 Å². The first-order chi connectivity index (χ1) is 4.93. The van der Waals surface area contributed by atoms with Crippen molar-refractivity contribution in [3.8, 4) is 0 Å². The highest BCUT2D eigenvalue weighted by Gasteiger charge is 1.80. The SMILES string of the molecule is [CH]NN=Cc1ccccc1. The third kappa shape index (κ3) is 1.90. The second-order valence-corrected chi connectivity index (χ2v) is 1.80. The summed E-state index contributed by atoms with van der Waals surface area (Å²) in [5.41, 5.74) is 3.21. The van der Waals surface area contributed by atoms with Crippen molar-refractivity contribution in [2.45, 2.75) is 0 Å². The zero-order valence-electron chi connectivity index (χ0n) is 5.49. The summed E-state index contributed by atoms with van der Waals surface area (Å²) >= 11 is 0. The topological polar surface area (TPSA) is 24.4 Å². The summed E-state index contributed by atoms with van der Waals surface area (Å²) in [5, 5.41) is 3.64. The molecule has 0 saturated heterocycles. The van der Waals surface area contributed by atoms with E-state index in [0.29, 0.717) is 0 Å². The molecule has 0 atom stereocenters. The molecule has 2 heteroatoms. The van der Waals surface area contributed by atoms with Crippen LogP contribution in [0.1, 0.15) is 5.56 Å². The summed E-state index contributed by atoms with van der Waals surface area (Å²) in [5.74, 6) is 0. The van der Waals surface area contributed by atoms with Crippen molar-refractivity contribution in [2.24, 2.45) is 5.10 Å². The zero-order valence-corrected chi connectivity index (χ0v) is 5.49. The average molecular weight is 132 g/mol. The van der Waals surface area contributed by atoms with Crippen LogP contribution in [0.2, 0.25) is 0 Å². The van der Waals surface area contributed by atoms with Crippen molar-refractivity contribution in [2.75, 3.05) is 0 Å². The normalized spacial score (nSPS) is 10.1. The number of nitrogens with zero attached hydrogens (tertiary/aromatic N) is 1. The molecule has 2 radical (unpaired) electrons. The van der Waals surface area contributed by atoms with Crippen LogP contribution in [0, 0.1) is 7.05 Å². The third-order valence-corrected chi connectivity index (χ3v) is 1.09. The fourth-order valence-corrected chi connectivity index (χ4v) is 0.651. The van der Waals surface area contributed by atoms with E-state index in [9.17, 15) is 0 Å². The van der Waals surface area contributed by atoms with E-state index in [-0.39, 0.29) is 0 Å². The molecule has 0 spiro atoms. The average Bonchev–Trinajstić information content (AvgIpc) is 2.03. The van der Waals surface area contributed by atoms with Crippen LogP contribution < -0.4 is 5.43 Å². The predicted octanol–water partition coefficient (Wildman–Crippen LogP) is 1.28. The highest BCUT2D eigenvalue weighted by Crippen LogP contribution is 1.92. The highest BCUT2D eigenvalue weighted by molar-refractivity contribution is 5.79. The summed E-state index contributed by atoms with van der Waals surface area (Å²) < 4.78 is 0. The van der Waals surface area contributed by atoms with Crippen LogP contribution in [0.5, 0.6) is 0 Å². The molecular weight excluding hydrogens is 124 g/mol. The Bertz CT molecular complexity index is 204. The van der Waals surface area contributed by atoms with E-state index in [2.05, 4.69) is 10.5 Å². The minimum atomic E-state index is 1.03. The molecule has 2 nitrogen and oxygen atoms in total. The van der Waals surface area contributed by atoms with Gasteiger partial charge < -0.3 is 5.43 Å². The van der Waals surface area contributed by atoms with Gasteiger partial charge in [0.15, 0.2) is 0 Å². The maximum Gasteiger partial charge on any atom is 0.0917 e. The van der Waals surface area contributed by atoms with Crippen molar-refractivity contribution in [1.82, 2.24) is 5.43 Å². The smallest absolute Gasteiger partial charge is 0.0917 e. The van der Waals surface area contributed by atoms with Gasteiger partial charge in [-0.05, 0) is 5.56 Å². The number of hydrogen-bond donors (Lipinski definition) is 1. The second kappa shape index (κ2) is 3.67. The van der Waals surface area contributed by atoms with Gasteiger partial charge in [-0.25, -0.2) is 0 Å². The maximum atomic E-state index is 4.93. The molecule has 0 aliphatic carbocycles. The first-order valence-electron chi connectivity index (χ1n) is 2.97. The van der Waals surface area contributed by atoms with Gasteiger partial charge >= 0.3 is 0 Å². The van der Waals surface area contributed by atoms with E-state index in [1.54, 1.807) is 6.21 Å². The Morgan fingerprint density at radius 1 is 1.30 bits per heavy atom. The molecule has 1 aromatic carbocycles. The Balaban J connectivity index is 2.67. The van der Waals surface area contributed by atoms with Crippen molar-refractivity contribution < 1.29 is 0 Å². The minimum absolute atomic E-state index is 1.03. The molecule has 0 aromatic heterocycles. The van der Waals surface area contributed by atoms with Crippen LogP contribution in [0.25, 0.3) is 0 Å². The third-order valence-electron chi connectivity index (χ3n) is 1.09. The summed E-state index contributed by atoms with van der Waals surface area (Å²) in [6, 6.07) is 9.73. The second-order valence-electron chi connectivity index (χ2n) is 1.80. The Hall–Kier alpha value is -1.31. The lowest BCUT2D eigenvalue weighted by Crippen LogP contribution is -1.90. The first-order valence-corrected chi connectivity index (χ1v) is 2.97. The standard InChI is InChI=1S/C8H8N2/c1-9-10-7-8-5-3-2-4-6-8/h1-7,9H. The molecule has 0 aliphatic rings. The first kappa shape index (κ1) is 6.81. The van der Waals surface area contributed by atoms with E-state index >= 15 is 0 Å². The Labute approximate surface area is 60.6 Å². The summed E-state index contributed by atoms with van der Waals surface area (Å²) in [7, 11) is 4.93. The summed E-state index contributed by atoms with van der Waals surface area (Å²) in [4.78, 5) is 0. The molecule has 0 fully saturated rings. The van der Waals surface area contributed by atoms with E-state index < -0.39 is 0 Å². The van der Waals surface area contributed by atoms with E-state index in [1.807, 2.05) is 30.3 Å². The fourth-order valence-electron chi connectivity index (χ4n) is 0.651. The molecule has 0 aliphatic heterocycles. The monoisotopic (exact) mass is 132 g/mol. The lowest BCUT2D eigenvalue weighted by molar-refractivity contribution is 0.972. The number of hydrogen-bond acceptors (Lipinski definition) is 2. The molecule has 0 unspecified atom stereocenters. The van der Waals surface area contributed by atoms with Gasteiger partial charge in [0.2, 0.25) is 0 Å². The van der Waals surface area contributed by atoms with Gasteiger partial charge in [0.1, 0.15) is 0 Å². The Kier molecular flexibility index (Phi) is 2.49. The predicted molar refractivity (Wildman–Crippen MR) is 41.5 cm³/mol. The Morgan fingerprint density at radius 3 is 2.60 bits per heavy atom. The molecule has 50 valence electrons. The number of hydrazone groups is 1. The van der Waals surface area contributed by atoms with E-state index in [0.717, 1.165) is 5.56 Å². The minimum Gasteiger partial charge on any atom is -0.303 e. The quantitative estimate of drug-likeness (QED) is 0.366. The summed E-state index contributed by atoms with van der Waals surface area (Å²) in [6.07, 6.45) is 1.65. The molecule has 0 saturated carbocycles. The lowest BCUT2D eigenvalue weighted by atomic mass is 10.2. The van der Waals surface area contributed by atoms with Gasteiger partial charge in [-0.15, -0.1) is 0 Å². The molecule has 1 N–H and O–H groups in total. The summed E-state index contributed by atoms with van der Waals surface area (Å²) in [6.45, 7) is 0. The number of nitrogens with one attached hydrogen (secondary N) is 1. The van der Waals surface area contributed by atoms with Gasteiger partial charge in [0.25, 0.3) is 0 Å². The molecule has 0 amide bonds. The number of benzene rings is 1. The van der Waals surface area contributed by atoms with E-state index in [1.165, 1.54) is 0 Å². The maximum absolute atomic E-state index is 4.93. The van der Waals surface area contributed by atoms with Gasteiger partial charge in [-0.2, -0.15) is 5.10 Å². The largest absolute Gasteiger partial charge is 0.303 e. The van der Waals surface area contributed by atoms with Crippen LogP contribution in [0.15, 0.2) is 35.4 Å². The fraction of sp³-hybridized carbons (Fsp3) is 0. The van der Waals surface area contributed by atoms with E-state index in [4.69, 9.17) is 7.05 Å². The molecule has 1 rings (SSSR count). The van der Waals surface area contributed by atoms with Crippen LogP contribution >= 0.6 is 0 Å². The number of rotatable bonds is 2. The van der Waals surface area contributed by atoms with Gasteiger partial charge in [0.05, 0.1) is 13.3 Å². The molecule has 0 bridgehead atoms. The van der Waals surface area contributed by atoms with Crippen LogP contribution in [-0.2, 0) is 0 Å². The highest BCUT2D eigenvalue weighted by atomic mass is 15.3. The van der Waals surface area contributed by atoms with Crippen molar-refractivity contribution in [1.29, 1.82) is 0 Å². The van der Waals surface area contributed by atoms with Gasteiger partial charge in [-0.1, -0.05) is 30.3 Å². The lowest BCUT2D eigenvalue weighted by Gasteiger charge is -1.88. The van der Waals surface area contributed by atoms with Crippen molar-refractivity contribution >= 4 is 6.21 Å². The van der Waals surface area contributed by atoms with Crippen molar-refractivity contribution in [3.05, 3.63) is 42.9 Å². The molecule has 10 heavy (non-hydrogen) atoms. The molecule has 0 heterocycles. The zero-order chi connectivity index (χ0) is 7.23. The van der Waals surface area contributed by atoms with Crippen LogP contribution in [0.3, 0.4) is 0 Å². The van der Waals surface area contributed by atoms with Gasteiger partial charge in [0, 0.05) is 0 Å². The van der Waals surface area contributed by atoms with Crippen LogP contribution in [0.4, 0.5) is 0 Å². The molecular formula is C8H8N2. The van der Waals surface area contributed by atoms with Gasteiger partial charge in [-0.3, -0.25) is 0 Å². The Morgan fingerprint density at radius 2 is 2.00 bits per heavy atom.